The third-order valence-electron chi connectivity index (χ3n) is 5.37. The molecule has 2 amide bonds. The number of amides is 2. The minimum absolute atomic E-state index is 0.0376. The summed E-state index contributed by atoms with van der Waals surface area (Å²) in [6.45, 7) is 10.3. The summed E-state index contributed by atoms with van der Waals surface area (Å²) in [6.07, 6.45) is 1.15. The van der Waals surface area contributed by atoms with E-state index >= 15 is 0 Å². The van der Waals surface area contributed by atoms with Crippen LogP contribution in [0.2, 0.25) is 0 Å². The normalized spacial score (nSPS) is 12.9. The van der Waals surface area contributed by atoms with E-state index in [1.54, 1.807) is 4.90 Å². The fourth-order valence-corrected chi connectivity index (χ4v) is 3.09. The van der Waals surface area contributed by atoms with E-state index in [9.17, 15) is 9.59 Å². The molecule has 0 radical (unpaired) electrons. The maximum atomic E-state index is 13.2. The van der Waals surface area contributed by atoms with E-state index in [0.29, 0.717) is 13.0 Å². The number of rotatable bonds is 8. The number of carbonyl (C=O) groups excluding carboxylic acids is 2. The first-order valence-corrected chi connectivity index (χ1v) is 10.0. The van der Waals surface area contributed by atoms with E-state index in [4.69, 9.17) is 0 Å². The second-order valence-corrected chi connectivity index (χ2v) is 7.55. The molecule has 0 spiro atoms. The molecule has 2 aromatic rings. The van der Waals surface area contributed by atoms with Gasteiger partial charge in [-0.1, -0.05) is 55.5 Å². The Kier molecular flexibility index (Phi) is 7.80. The van der Waals surface area contributed by atoms with Gasteiger partial charge in [-0.05, 0) is 56.4 Å². The Bertz CT molecular complexity index is 816. The summed E-state index contributed by atoms with van der Waals surface area (Å²) in [5.41, 5.74) is 4.26. The van der Waals surface area contributed by atoms with Crippen LogP contribution in [0.5, 0.6) is 0 Å². The van der Waals surface area contributed by atoms with Crippen LogP contribution in [0.25, 0.3) is 0 Å². The minimum atomic E-state index is -0.537. The lowest BCUT2D eigenvalue weighted by atomic mass is 10.0. The van der Waals surface area contributed by atoms with Gasteiger partial charge >= 0.3 is 0 Å². The average molecular weight is 381 g/mol. The molecule has 150 valence electrons. The minimum Gasteiger partial charge on any atom is -0.352 e. The van der Waals surface area contributed by atoms with Crippen LogP contribution in [0.3, 0.4) is 0 Å². The van der Waals surface area contributed by atoms with Gasteiger partial charge in [-0.2, -0.15) is 0 Å². The van der Waals surface area contributed by atoms with Crippen LogP contribution < -0.4 is 5.32 Å². The maximum absolute atomic E-state index is 13.2. The van der Waals surface area contributed by atoms with E-state index in [2.05, 4.69) is 5.32 Å². The highest BCUT2D eigenvalue weighted by Crippen LogP contribution is 2.16. The molecule has 2 atom stereocenters. The lowest BCUT2D eigenvalue weighted by molar-refractivity contribution is -0.140. The van der Waals surface area contributed by atoms with E-state index in [1.165, 1.54) is 0 Å². The molecule has 0 aliphatic heterocycles. The molecule has 4 nitrogen and oxygen atoms in total. The van der Waals surface area contributed by atoms with Crippen molar-refractivity contribution in [3.8, 4) is 0 Å². The standard InChI is InChI=1S/C24H32N2O2/c1-6-19(4)25-24(28)20(5)26(16-22-14-10-8-12-18(22)3)23(27)15-21-13-9-7-11-17(21)2/h7-14,19-20H,6,15-16H2,1-5H3,(H,25,28)/t19-,20-/m0/s1. The van der Waals surface area contributed by atoms with Crippen molar-refractivity contribution in [2.45, 2.75) is 66.1 Å². The van der Waals surface area contributed by atoms with Crippen LogP contribution >= 0.6 is 0 Å². The second kappa shape index (κ2) is 10.1. The highest BCUT2D eigenvalue weighted by Gasteiger charge is 2.27. The summed E-state index contributed by atoms with van der Waals surface area (Å²) in [5, 5.41) is 3.01. The third-order valence-corrected chi connectivity index (χ3v) is 5.37. The average Bonchev–Trinajstić information content (AvgIpc) is 2.68. The van der Waals surface area contributed by atoms with E-state index in [0.717, 1.165) is 28.7 Å². The Balaban J connectivity index is 2.26. The Morgan fingerprint density at radius 2 is 1.46 bits per heavy atom. The van der Waals surface area contributed by atoms with E-state index in [1.807, 2.05) is 83.1 Å². The highest BCUT2D eigenvalue weighted by molar-refractivity contribution is 5.88. The fourth-order valence-electron chi connectivity index (χ4n) is 3.09. The molecule has 0 fully saturated rings. The number of aryl methyl sites for hydroxylation is 2. The van der Waals surface area contributed by atoms with Gasteiger partial charge < -0.3 is 10.2 Å². The van der Waals surface area contributed by atoms with Gasteiger partial charge in [0.1, 0.15) is 6.04 Å². The number of benzene rings is 2. The zero-order chi connectivity index (χ0) is 20.7. The molecule has 0 saturated carbocycles. The van der Waals surface area contributed by atoms with Gasteiger partial charge in [-0.15, -0.1) is 0 Å². The van der Waals surface area contributed by atoms with Crippen LogP contribution in [0, 0.1) is 13.8 Å². The summed E-state index contributed by atoms with van der Waals surface area (Å²) in [7, 11) is 0. The third kappa shape index (κ3) is 5.69. The molecule has 2 rings (SSSR count). The van der Waals surface area contributed by atoms with Gasteiger partial charge in [0.25, 0.3) is 0 Å². The summed E-state index contributed by atoms with van der Waals surface area (Å²) in [6, 6.07) is 15.4. The van der Waals surface area contributed by atoms with Crippen molar-refractivity contribution in [3.63, 3.8) is 0 Å². The molecule has 0 saturated heterocycles. The highest BCUT2D eigenvalue weighted by atomic mass is 16.2. The van der Waals surface area contributed by atoms with Crippen LogP contribution in [-0.2, 0) is 22.6 Å². The van der Waals surface area contributed by atoms with Gasteiger partial charge in [0.05, 0.1) is 6.42 Å². The van der Waals surface area contributed by atoms with Crippen LogP contribution in [0.4, 0.5) is 0 Å². The molecule has 0 aliphatic rings. The summed E-state index contributed by atoms with van der Waals surface area (Å²) >= 11 is 0. The molecule has 4 heteroatoms. The number of hydrogen-bond donors (Lipinski definition) is 1. The van der Waals surface area contributed by atoms with Crippen molar-refractivity contribution < 1.29 is 9.59 Å². The monoisotopic (exact) mass is 380 g/mol. The predicted octanol–water partition coefficient (Wildman–Crippen LogP) is 4.18. The smallest absolute Gasteiger partial charge is 0.242 e. The molecule has 28 heavy (non-hydrogen) atoms. The Labute approximate surface area is 169 Å². The molecule has 0 unspecified atom stereocenters. The Morgan fingerprint density at radius 3 is 2.00 bits per heavy atom. The molecule has 0 heterocycles. The molecule has 2 aromatic carbocycles. The molecule has 0 aliphatic carbocycles. The lowest BCUT2D eigenvalue weighted by Gasteiger charge is -2.30. The SMILES string of the molecule is CC[C@H](C)NC(=O)[C@H](C)N(Cc1ccccc1C)C(=O)Cc1ccccc1C. The van der Waals surface area contributed by atoms with Crippen molar-refractivity contribution >= 4 is 11.8 Å². The lowest BCUT2D eigenvalue weighted by Crippen LogP contribution is -2.50. The van der Waals surface area contributed by atoms with Gasteiger partial charge in [0, 0.05) is 12.6 Å². The predicted molar refractivity (Wildman–Crippen MR) is 114 cm³/mol. The van der Waals surface area contributed by atoms with Crippen LogP contribution in [0.1, 0.15) is 49.4 Å². The maximum Gasteiger partial charge on any atom is 0.242 e. The van der Waals surface area contributed by atoms with Crippen molar-refractivity contribution in [2.75, 3.05) is 0 Å². The zero-order valence-electron chi connectivity index (χ0n) is 17.7. The molecular weight excluding hydrogens is 348 g/mol. The van der Waals surface area contributed by atoms with E-state index in [-0.39, 0.29) is 17.9 Å². The Morgan fingerprint density at radius 1 is 0.929 bits per heavy atom. The first-order valence-electron chi connectivity index (χ1n) is 10.0. The number of hydrogen-bond acceptors (Lipinski definition) is 2. The number of nitrogens with one attached hydrogen (secondary N) is 1. The second-order valence-electron chi connectivity index (χ2n) is 7.55. The molecule has 1 N–H and O–H groups in total. The molecule has 0 aromatic heterocycles. The first kappa shape index (κ1) is 21.7. The summed E-state index contributed by atoms with van der Waals surface area (Å²) in [5.74, 6) is -0.148. The van der Waals surface area contributed by atoms with Gasteiger partial charge in [0.15, 0.2) is 0 Å². The topological polar surface area (TPSA) is 49.4 Å². The molecule has 0 bridgehead atoms. The molecular formula is C24H32N2O2. The van der Waals surface area contributed by atoms with Crippen LogP contribution in [0.15, 0.2) is 48.5 Å². The van der Waals surface area contributed by atoms with Gasteiger partial charge in [-0.25, -0.2) is 0 Å². The Hall–Kier alpha value is -2.62. The van der Waals surface area contributed by atoms with Gasteiger partial charge in [0.2, 0.25) is 11.8 Å². The largest absolute Gasteiger partial charge is 0.352 e. The first-order chi connectivity index (χ1) is 13.3. The number of nitrogens with zero attached hydrogens (tertiary/aromatic N) is 1. The van der Waals surface area contributed by atoms with Crippen LogP contribution in [-0.4, -0.2) is 28.8 Å². The van der Waals surface area contributed by atoms with Crippen molar-refractivity contribution in [1.29, 1.82) is 0 Å². The zero-order valence-corrected chi connectivity index (χ0v) is 17.7. The van der Waals surface area contributed by atoms with Crippen molar-refractivity contribution in [3.05, 3.63) is 70.8 Å². The number of carbonyl (C=O) groups is 2. The summed E-state index contributed by atoms with van der Waals surface area (Å²) < 4.78 is 0. The van der Waals surface area contributed by atoms with Gasteiger partial charge in [-0.3, -0.25) is 9.59 Å². The van der Waals surface area contributed by atoms with E-state index < -0.39 is 6.04 Å². The van der Waals surface area contributed by atoms with Crippen molar-refractivity contribution in [2.24, 2.45) is 0 Å². The quantitative estimate of drug-likeness (QED) is 0.747. The van der Waals surface area contributed by atoms with Crippen molar-refractivity contribution in [1.82, 2.24) is 10.2 Å². The fraction of sp³-hybridized carbons (Fsp3) is 0.417. The summed E-state index contributed by atoms with van der Waals surface area (Å²) in [4.78, 5) is 27.7.